The van der Waals surface area contributed by atoms with Crippen LogP contribution in [-0.2, 0) is 6.54 Å². The van der Waals surface area contributed by atoms with Crippen molar-refractivity contribution in [3.63, 3.8) is 0 Å². The van der Waals surface area contributed by atoms with Crippen molar-refractivity contribution in [2.24, 2.45) is 5.92 Å². The van der Waals surface area contributed by atoms with Crippen LogP contribution in [0.5, 0.6) is 5.88 Å². The summed E-state index contributed by atoms with van der Waals surface area (Å²) in [5, 5.41) is 8.69. The Morgan fingerprint density at radius 3 is 2.86 bits per heavy atom. The molecule has 3 fully saturated rings. The summed E-state index contributed by atoms with van der Waals surface area (Å²) >= 11 is 0. The van der Waals surface area contributed by atoms with Crippen molar-refractivity contribution >= 4 is 16.8 Å². The molecule has 0 bridgehead atoms. The number of aromatic nitrogens is 2. The number of anilines is 1. The Hall–Kier alpha value is -2.71. The maximum atomic E-state index is 13.8. The lowest BCUT2D eigenvalue weighted by Gasteiger charge is -2.46. The molecule has 6 rings (SSSR count). The molecule has 2 aromatic heterocycles. The molecule has 192 valence electrons. The third kappa shape index (κ3) is 5.34. The van der Waals surface area contributed by atoms with Gasteiger partial charge < -0.3 is 19.5 Å². The second kappa shape index (κ2) is 10.7. The first-order valence-electron chi connectivity index (χ1n) is 13.6. The monoisotopic (exact) mass is 493 g/mol. The quantitative estimate of drug-likeness (QED) is 0.509. The van der Waals surface area contributed by atoms with Crippen LogP contribution < -0.4 is 15.0 Å². The van der Waals surface area contributed by atoms with E-state index in [4.69, 9.17) is 14.2 Å². The molecule has 2 aliphatic heterocycles. The second-order valence-corrected chi connectivity index (χ2v) is 10.7. The van der Waals surface area contributed by atoms with Crippen LogP contribution in [0.4, 0.5) is 10.2 Å². The molecule has 3 aliphatic rings. The van der Waals surface area contributed by atoms with Crippen molar-refractivity contribution < 1.29 is 13.7 Å². The van der Waals surface area contributed by atoms with E-state index in [1.54, 1.807) is 6.07 Å². The minimum absolute atomic E-state index is 0.258. The lowest BCUT2D eigenvalue weighted by atomic mass is 9.91. The summed E-state index contributed by atoms with van der Waals surface area (Å²) in [5.74, 6) is 1.74. The molecule has 1 aliphatic carbocycles. The molecule has 4 heterocycles. The minimum Gasteiger partial charge on any atom is -0.477 e. The van der Waals surface area contributed by atoms with Crippen LogP contribution in [0.1, 0.15) is 50.6 Å². The van der Waals surface area contributed by atoms with Gasteiger partial charge in [0.1, 0.15) is 5.82 Å². The molecule has 0 spiro atoms. The highest BCUT2D eigenvalue weighted by atomic mass is 19.1. The summed E-state index contributed by atoms with van der Waals surface area (Å²) in [6.07, 6.45) is 8.85. The number of fused-ring (bicyclic) bond motifs is 2. The maximum Gasteiger partial charge on any atom is 0.213 e. The standard InChI is InChI=1S/C28H36FN5O2/c29-21-10-12-26-25(15-21)28(32-36-26)34-14-13-33-17-20(9-11-24(33)18-34)19-35-27-8-4-7-23(31-27)16-30-22-5-2-1-3-6-22/h4,7-8,10,12,15,20,22,24,30H,1-3,5-6,9,11,13-14,16-19H2/t20-,24+/m1/s1. The Morgan fingerprint density at radius 1 is 1.03 bits per heavy atom. The molecule has 1 aromatic carbocycles. The summed E-state index contributed by atoms with van der Waals surface area (Å²) in [6.45, 7) is 5.27. The van der Waals surface area contributed by atoms with Gasteiger partial charge in [-0.05, 0) is 49.9 Å². The molecule has 0 radical (unpaired) electrons. The first-order chi connectivity index (χ1) is 17.7. The Kier molecular flexibility index (Phi) is 7.05. The molecule has 2 saturated heterocycles. The molecule has 2 atom stereocenters. The van der Waals surface area contributed by atoms with E-state index < -0.39 is 0 Å². The fraction of sp³-hybridized carbons (Fsp3) is 0.571. The van der Waals surface area contributed by atoms with E-state index in [1.165, 1.54) is 44.2 Å². The van der Waals surface area contributed by atoms with Gasteiger partial charge in [-0.1, -0.05) is 30.5 Å². The Labute approximate surface area is 212 Å². The van der Waals surface area contributed by atoms with Crippen molar-refractivity contribution in [2.75, 3.05) is 37.7 Å². The van der Waals surface area contributed by atoms with E-state index in [1.807, 2.05) is 6.07 Å². The number of nitrogens with one attached hydrogen (secondary N) is 1. The zero-order valence-corrected chi connectivity index (χ0v) is 20.9. The van der Waals surface area contributed by atoms with Crippen molar-refractivity contribution in [3.05, 3.63) is 47.9 Å². The number of hydrogen-bond acceptors (Lipinski definition) is 7. The summed E-state index contributed by atoms with van der Waals surface area (Å²) in [7, 11) is 0. The lowest BCUT2D eigenvalue weighted by molar-refractivity contribution is 0.0716. The summed E-state index contributed by atoms with van der Waals surface area (Å²) in [4.78, 5) is 9.57. The Bertz CT molecular complexity index is 1160. The highest BCUT2D eigenvalue weighted by Gasteiger charge is 2.34. The zero-order valence-electron chi connectivity index (χ0n) is 20.9. The van der Waals surface area contributed by atoms with Gasteiger partial charge in [-0.25, -0.2) is 9.37 Å². The number of nitrogens with zero attached hydrogens (tertiary/aromatic N) is 4. The highest BCUT2D eigenvalue weighted by molar-refractivity contribution is 5.88. The van der Waals surface area contributed by atoms with Crippen LogP contribution in [0.25, 0.3) is 11.0 Å². The van der Waals surface area contributed by atoms with E-state index >= 15 is 0 Å². The molecule has 8 heteroatoms. The molecule has 7 nitrogen and oxygen atoms in total. The van der Waals surface area contributed by atoms with Gasteiger partial charge in [0.15, 0.2) is 11.4 Å². The number of piperidine rings is 1. The third-order valence-corrected chi connectivity index (χ3v) is 8.14. The van der Waals surface area contributed by atoms with E-state index in [0.29, 0.717) is 30.2 Å². The minimum atomic E-state index is -0.258. The van der Waals surface area contributed by atoms with Gasteiger partial charge in [0, 0.05) is 56.8 Å². The van der Waals surface area contributed by atoms with E-state index in [0.717, 1.165) is 68.3 Å². The lowest BCUT2D eigenvalue weighted by Crippen LogP contribution is -2.57. The average Bonchev–Trinajstić information content (AvgIpc) is 3.34. The Morgan fingerprint density at radius 2 is 1.94 bits per heavy atom. The van der Waals surface area contributed by atoms with Crippen LogP contribution in [0.2, 0.25) is 0 Å². The fourth-order valence-corrected chi connectivity index (χ4v) is 6.11. The predicted octanol–water partition coefficient (Wildman–Crippen LogP) is 4.76. The first-order valence-corrected chi connectivity index (χ1v) is 13.6. The van der Waals surface area contributed by atoms with Crippen LogP contribution in [-0.4, -0.2) is 59.9 Å². The molecule has 0 unspecified atom stereocenters. The van der Waals surface area contributed by atoms with Gasteiger partial charge in [0.2, 0.25) is 5.88 Å². The van der Waals surface area contributed by atoms with Gasteiger partial charge in [-0.15, -0.1) is 0 Å². The second-order valence-electron chi connectivity index (χ2n) is 10.7. The topological polar surface area (TPSA) is 66.7 Å². The number of rotatable bonds is 7. The van der Waals surface area contributed by atoms with E-state index in [9.17, 15) is 4.39 Å². The number of halogens is 1. The van der Waals surface area contributed by atoms with Gasteiger partial charge in [0.05, 0.1) is 17.7 Å². The fourth-order valence-electron chi connectivity index (χ4n) is 6.11. The number of hydrogen-bond donors (Lipinski definition) is 1. The average molecular weight is 494 g/mol. The van der Waals surface area contributed by atoms with Crippen LogP contribution in [0.3, 0.4) is 0 Å². The maximum absolute atomic E-state index is 13.8. The van der Waals surface area contributed by atoms with Gasteiger partial charge in [0.25, 0.3) is 0 Å². The van der Waals surface area contributed by atoms with Crippen molar-refractivity contribution in [1.29, 1.82) is 0 Å². The largest absolute Gasteiger partial charge is 0.477 e. The van der Waals surface area contributed by atoms with E-state index in [-0.39, 0.29) is 5.82 Å². The van der Waals surface area contributed by atoms with Crippen molar-refractivity contribution in [3.8, 4) is 5.88 Å². The van der Waals surface area contributed by atoms with Crippen molar-refractivity contribution in [1.82, 2.24) is 20.4 Å². The number of pyridine rings is 1. The normalized spacial score (nSPS) is 23.6. The number of benzene rings is 1. The molecule has 36 heavy (non-hydrogen) atoms. The van der Waals surface area contributed by atoms with Gasteiger partial charge in [-0.2, -0.15) is 0 Å². The first kappa shape index (κ1) is 23.7. The molecular weight excluding hydrogens is 457 g/mol. The highest BCUT2D eigenvalue weighted by Crippen LogP contribution is 2.32. The number of ether oxygens (including phenoxy) is 1. The van der Waals surface area contributed by atoms with Crippen LogP contribution >= 0.6 is 0 Å². The smallest absolute Gasteiger partial charge is 0.213 e. The summed E-state index contributed by atoms with van der Waals surface area (Å²) in [5.41, 5.74) is 1.69. The molecule has 3 aromatic rings. The van der Waals surface area contributed by atoms with Crippen LogP contribution in [0.15, 0.2) is 40.9 Å². The molecule has 1 saturated carbocycles. The summed E-state index contributed by atoms with van der Waals surface area (Å²) in [6, 6.07) is 11.8. The summed E-state index contributed by atoms with van der Waals surface area (Å²) < 4.78 is 25.4. The molecule has 1 N–H and O–H groups in total. The SMILES string of the molecule is Fc1ccc2onc(N3CCN4C[C@H](COc5cccc(CNC6CCCCC6)n5)CC[C@H]4C3)c2c1. The zero-order chi connectivity index (χ0) is 24.3. The molecular formula is C28H36FN5O2. The molecule has 0 amide bonds. The predicted molar refractivity (Wildman–Crippen MR) is 138 cm³/mol. The van der Waals surface area contributed by atoms with E-state index in [2.05, 4.69) is 32.4 Å². The van der Waals surface area contributed by atoms with Gasteiger partial charge >= 0.3 is 0 Å². The van der Waals surface area contributed by atoms with Crippen LogP contribution in [0, 0.1) is 11.7 Å². The Balaban J connectivity index is 0.994. The number of piperazine rings is 1. The van der Waals surface area contributed by atoms with Crippen molar-refractivity contribution in [2.45, 2.75) is 63.6 Å². The van der Waals surface area contributed by atoms with Gasteiger partial charge in [-0.3, -0.25) is 4.90 Å². The third-order valence-electron chi connectivity index (χ3n) is 8.14.